The number of piperazine rings is 1. The lowest BCUT2D eigenvalue weighted by atomic mass is 10.1. The quantitative estimate of drug-likeness (QED) is 0.493. The summed E-state index contributed by atoms with van der Waals surface area (Å²) in [5.74, 6) is -0.373. The lowest BCUT2D eigenvalue weighted by Gasteiger charge is -2.37. The number of benzene rings is 1. The van der Waals surface area contributed by atoms with Crippen LogP contribution in [0.25, 0.3) is 0 Å². The van der Waals surface area contributed by atoms with E-state index >= 15 is 0 Å². The van der Waals surface area contributed by atoms with Gasteiger partial charge in [-0.25, -0.2) is 4.79 Å². The van der Waals surface area contributed by atoms with E-state index in [1.807, 2.05) is 25.7 Å². The summed E-state index contributed by atoms with van der Waals surface area (Å²) in [6, 6.07) is 8.37. The van der Waals surface area contributed by atoms with E-state index in [0.717, 1.165) is 18.7 Å². The Kier molecular flexibility index (Phi) is 8.78. The summed E-state index contributed by atoms with van der Waals surface area (Å²) in [6.45, 7) is 9.32. The van der Waals surface area contributed by atoms with Crippen molar-refractivity contribution < 1.29 is 28.3 Å². The van der Waals surface area contributed by atoms with Crippen LogP contribution in [0.4, 0.5) is 16.2 Å². The molecule has 2 aromatic rings. The summed E-state index contributed by atoms with van der Waals surface area (Å²) in [7, 11) is 0. The van der Waals surface area contributed by atoms with Gasteiger partial charge in [0.15, 0.2) is 5.76 Å². The van der Waals surface area contributed by atoms with E-state index in [1.165, 1.54) is 6.26 Å². The van der Waals surface area contributed by atoms with Gasteiger partial charge in [0.1, 0.15) is 5.60 Å². The Morgan fingerprint density at radius 1 is 1.03 bits per heavy atom. The van der Waals surface area contributed by atoms with Gasteiger partial charge in [-0.15, -0.1) is 0 Å². The van der Waals surface area contributed by atoms with Crippen LogP contribution in [-0.2, 0) is 9.53 Å². The third kappa shape index (κ3) is 7.52. The maximum absolute atomic E-state index is 12.9. The van der Waals surface area contributed by atoms with Crippen molar-refractivity contribution in [2.45, 2.75) is 45.6 Å². The van der Waals surface area contributed by atoms with Crippen LogP contribution in [-0.4, -0.2) is 85.0 Å². The molecule has 1 aromatic carbocycles. The molecule has 1 aromatic heterocycles. The van der Waals surface area contributed by atoms with Crippen molar-refractivity contribution in [2.24, 2.45) is 0 Å². The molecule has 2 N–H and O–H groups in total. The van der Waals surface area contributed by atoms with Crippen LogP contribution in [0.1, 0.15) is 60.9 Å². The molecular weight excluding hydrogens is 502 g/mol. The van der Waals surface area contributed by atoms with Gasteiger partial charge in [0.05, 0.1) is 17.6 Å². The average Bonchev–Trinajstić information content (AvgIpc) is 3.58. The minimum atomic E-state index is -0.570. The van der Waals surface area contributed by atoms with Gasteiger partial charge in [0, 0.05) is 57.8 Å². The molecule has 4 amide bonds. The molecule has 0 atom stereocenters. The first-order valence-corrected chi connectivity index (χ1v) is 13.4. The lowest BCUT2D eigenvalue weighted by molar-refractivity contribution is -0.127. The number of amides is 4. The van der Waals surface area contributed by atoms with Gasteiger partial charge in [-0.2, -0.15) is 0 Å². The first-order valence-electron chi connectivity index (χ1n) is 13.4. The molecule has 2 saturated heterocycles. The van der Waals surface area contributed by atoms with E-state index in [1.54, 1.807) is 35.2 Å². The topological polar surface area (TPSA) is 124 Å². The van der Waals surface area contributed by atoms with Crippen LogP contribution in [0.15, 0.2) is 41.0 Å². The highest BCUT2D eigenvalue weighted by atomic mass is 16.6. The zero-order chi connectivity index (χ0) is 28.0. The fourth-order valence-corrected chi connectivity index (χ4v) is 4.62. The molecule has 0 radical (unpaired) electrons. The zero-order valence-corrected chi connectivity index (χ0v) is 22.8. The summed E-state index contributed by atoms with van der Waals surface area (Å²) in [4.78, 5) is 55.5. The number of hydrogen-bond acceptors (Lipinski definition) is 7. The highest BCUT2D eigenvalue weighted by molar-refractivity contribution is 6.05. The second-order valence-electron chi connectivity index (χ2n) is 10.7. The third-order valence-corrected chi connectivity index (χ3v) is 6.59. The Labute approximate surface area is 228 Å². The standard InChI is InChI=1S/C28H37N5O6/c1-28(2,3)39-27(37)33-16-14-31(15-17-33)22-10-9-20(19-21(22)30-26(36)23-7-5-18-38-23)25(35)29-11-6-13-32-12-4-8-24(32)34/h5,7,9-10,18-19H,4,6,8,11-17H2,1-3H3,(H,29,35)(H,30,36). The zero-order valence-electron chi connectivity index (χ0n) is 22.8. The van der Waals surface area contributed by atoms with E-state index < -0.39 is 11.5 Å². The highest BCUT2D eigenvalue weighted by Gasteiger charge is 2.27. The van der Waals surface area contributed by atoms with Crippen molar-refractivity contribution in [1.29, 1.82) is 0 Å². The average molecular weight is 540 g/mol. The minimum absolute atomic E-state index is 0.155. The number of rotatable bonds is 8. The molecule has 4 rings (SSSR count). The van der Waals surface area contributed by atoms with E-state index in [-0.39, 0.29) is 23.7 Å². The summed E-state index contributed by atoms with van der Waals surface area (Å²) in [5, 5.41) is 5.78. The van der Waals surface area contributed by atoms with Gasteiger partial charge < -0.3 is 34.5 Å². The van der Waals surface area contributed by atoms with Gasteiger partial charge in [0.25, 0.3) is 11.8 Å². The Balaban J connectivity index is 1.42. The first kappa shape index (κ1) is 28.0. The molecule has 2 fully saturated rings. The summed E-state index contributed by atoms with van der Waals surface area (Å²) in [5.41, 5.74) is 1.04. The molecule has 0 unspecified atom stereocenters. The van der Waals surface area contributed by atoms with Crippen molar-refractivity contribution in [1.82, 2.24) is 15.1 Å². The first-order chi connectivity index (χ1) is 18.6. The van der Waals surface area contributed by atoms with Crippen molar-refractivity contribution in [3.05, 3.63) is 47.9 Å². The number of nitrogens with zero attached hydrogens (tertiary/aromatic N) is 3. The monoisotopic (exact) mass is 539 g/mol. The fourth-order valence-electron chi connectivity index (χ4n) is 4.62. The molecule has 0 bridgehead atoms. The second kappa shape index (κ2) is 12.2. The summed E-state index contributed by atoms with van der Waals surface area (Å²) >= 11 is 0. The predicted molar refractivity (Wildman–Crippen MR) is 146 cm³/mol. The number of nitrogens with one attached hydrogen (secondary N) is 2. The number of hydrogen-bond donors (Lipinski definition) is 2. The van der Waals surface area contributed by atoms with Crippen LogP contribution < -0.4 is 15.5 Å². The normalized spacial score (nSPS) is 15.9. The maximum atomic E-state index is 12.9. The predicted octanol–water partition coefficient (Wildman–Crippen LogP) is 3.33. The number of furan rings is 1. The van der Waals surface area contributed by atoms with Crippen LogP contribution >= 0.6 is 0 Å². The summed E-state index contributed by atoms with van der Waals surface area (Å²) < 4.78 is 10.7. The number of anilines is 2. The van der Waals surface area contributed by atoms with Crippen molar-refractivity contribution in [3.8, 4) is 0 Å². The van der Waals surface area contributed by atoms with E-state index in [2.05, 4.69) is 15.5 Å². The van der Waals surface area contributed by atoms with Crippen molar-refractivity contribution in [3.63, 3.8) is 0 Å². The molecule has 2 aliphatic rings. The molecule has 0 aliphatic carbocycles. The molecule has 39 heavy (non-hydrogen) atoms. The Morgan fingerprint density at radius 2 is 1.79 bits per heavy atom. The Morgan fingerprint density at radius 3 is 2.44 bits per heavy atom. The molecule has 210 valence electrons. The molecule has 11 heteroatoms. The largest absolute Gasteiger partial charge is 0.459 e. The van der Waals surface area contributed by atoms with E-state index in [0.29, 0.717) is 63.4 Å². The fraction of sp³-hybridized carbons (Fsp3) is 0.500. The number of ether oxygens (including phenoxy) is 1. The van der Waals surface area contributed by atoms with Gasteiger partial charge in [-0.3, -0.25) is 14.4 Å². The Hall–Kier alpha value is -4.02. The van der Waals surface area contributed by atoms with Crippen LogP contribution in [0.5, 0.6) is 0 Å². The van der Waals surface area contributed by atoms with Gasteiger partial charge in [-0.05, 0) is 63.9 Å². The second-order valence-corrected chi connectivity index (χ2v) is 10.7. The SMILES string of the molecule is CC(C)(C)OC(=O)N1CCN(c2ccc(C(=O)NCCCN3CCCC3=O)cc2NC(=O)c2ccco2)CC1. The number of likely N-dealkylation sites (tertiary alicyclic amines) is 1. The molecule has 11 nitrogen and oxygen atoms in total. The molecule has 0 saturated carbocycles. The van der Waals surface area contributed by atoms with E-state index in [9.17, 15) is 19.2 Å². The van der Waals surface area contributed by atoms with Gasteiger partial charge >= 0.3 is 6.09 Å². The number of carbonyl (C=O) groups is 4. The molecule has 3 heterocycles. The Bertz CT molecular complexity index is 1180. The highest BCUT2D eigenvalue weighted by Crippen LogP contribution is 2.29. The van der Waals surface area contributed by atoms with Gasteiger partial charge in [0.2, 0.25) is 5.91 Å². The smallest absolute Gasteiger partial charge is 0.410 e. The van der Waals surface area contributed by atoms with E-state index in [4.69, 9.17) is 9.15 Å². The summed E-state index contributed by atoms with van der Waals surface area (Å²) in [6.07, 6.45) is 3.22. The maximum Gasteiger partial charge on any atom is 0.410 e. The van der Waals surface area contributed by atoms with Crippen molar-refractivity contribution >= 4 is 35.2 Å². The van der Waals surface area contributed by atoms with Crippen LogP contribution in [0.3, 0.4) is 0 Å². The van der Waals surface area contributed by atoms with Gasteiger partial charge in [-0.1, -0.05) is 0 Å². The van der Waals surface area contributed by atoms with Crippen LogP contribution in [0.2, 0.25) is 0 Å². The minimum Gasteiger partial charge on any atom is -0.459 e. The third-order valence-electron chi connectivity index (χ3n) is 6.59. The lowest BCUT2D eigenvalue weighted by Crippen LogP contribution is -2.50. The van der Waals surface area contributed by atoms with Crippen molar-refractivity contribution in [2.75, 3.05) is 56.0 Å². The molecular formula is C28H37N5O6. The molecule has 2 aliphatic heterocycles. The molecule has 0 spiro atoms. The number of carbonyl (C=O) groups excluding carboxylic acids is 4. The van der Waals surface area contributed by atoms with Crippen LogP contribution in [0, 0.1) is 0 Å².